The number of likely N-dealkylation sites (N-methyl/N-ethyl adjacent to an activating group) is 1. The molecule has 0 spiro atoms. The van der Waals surface area contributed by atoms with Crippen molar-refractivity contribution in [3.05, 3.63) is 0 Å². The molecule has 2 rings (SSSR count). The number of amides is 5. The van der Waals surface area contributed by atoms with Gasteiger partial charge in [-0.05, 0) is 24.7 Å². The Labute approximate surface area is 179 Å². The van der Waals surface area contributed by atoms with E-state index in [1.54, 1.807) is 0 Å². The fourth-order valence-electron chi connectivity index (χ4n) is 4.23. The second-order valence-electron chi connectivity index (χ2n) is 9.85. The average molecular weight is 424 g/mol. The number of urea groups is 1. The summed E-state index contributed by atoms with van der Waals surface area (Å²) in [7, 11) is 1.50. The van der Waals surface area contributed by atoms with Crippen LogP contribution >= 0.6 is 0 Å². The molecule has 2 atom stereocenters. The quantitative estimate of drug-likeness (QED) is 0.588. The summed E-state index contributed by atoms with van der Waals surface area (Å²) >= 11 is 0. The molecule has 170 valence electrons. The largest absolute Gasteiger partial charge is 0.368 e. The maximum Gasteiger partial charge on any atom is 0.315 e. The standard InChI is InChI=1S/C21H37N5O4/c1-21(2,3)11-18(28)26-12-15(10-16(26)19(29)25(4)13-17(22)27)24-20(30)23-14-8-6-5-7-9-14/h14-16H,5-13H2,1-4H3,(H2,22,27)(H2,23,24,30)/t15-,16-/m0/s1. The molecule has 2 fully saturated rings. The smallest absolute Gasteiger partial charge is 0.315 e. The van der Waals surface area contributed by atoms with Gasteiger partial charge in [-0.15, -0.1) is 0 Å². The molecule has 0 radical (unpaired) electrons. The van der Waals surface area contributed by atoms with Crippen LogP contribution in [0.2, 0.25) is 0 Å². The fraction of sp³-hybridized carbons (Fsp3) is 0.810. The van der Waals surface area contributed by atoms with Gasteiger partial charge in [0.25, 0.3) is 0 Å². The molecule has 9 nitrogen and oxygen atoms in total. The van der Waals surface area contributed by atoms with Gasteiger partial charge in [0.05, 0.1) is 12.6 Å². The summed E-state index contributed by atoms with van der Waals surface area (Å²) in [5.41, 5.74) is 4.98. The number of rotatable bonds is 6. The third kappa shape index (κ3) is 7.18. The number of carbonyl (C=O) groups is 4. The predicted octanol–water partition coefficient (Wildman–Crippen LogP) is 0.968. The molecule has 1 aliphatic heterocycles. The second-order valence-corrected chi connectivity index (χ2v) is 9.85. The molecule has 0 bridgehead atoms. The Morgan fingerprint density at radius 2 is 1.63 bits per heavy atom. The van der Waals surface area contributed by atoms with Crippen molar-refractivity contribution in [2.24, 2.45) is 11.1 Å². The van der Waals surface area contributed by atoms with Crippen LogP contribution in [-0.2, 0) is 14.4 Å². The summed E-state index contributed by atoms with van der Waals surface area (Å²) in [5, 5.41) is 5.94. The van der Waals surface area contributed by atoms with Gasteiger partial charge < -0.3 is 26.2 Å². The first-order chi connectivity index (χ1) is 14.0. The van der Waals surface area contributed by atoms with Crippen molar-refractivity contribution >= 4 is 23.8 Å². The number of hydrogen-bond acceptors (Lipinski definition) is 4. The van der Waals surface area contributed by atoms with E-state index >= 15 is 0 Å². The lowest BCUT2D eigenvalue weighted by atomic mass is 9.91. The second kappa shape index (κ2) is 10.1. The minimum atomic E-state index is -0.718. The Kier molecular flexibility index (Phi) is 8.09. The molecule has 1 saturated carbocycles. The molecule has 1 heterocycles. The normalized spacial score (nSPS) is 22.5. The molecule has 2 aliphatic rings. The first kappa shape index (κ1) is 24.0. The van der Waals surface area contributed by atoms with Gasteiger partial charge in [0.15, 0.2) is 0 Å². The van der Waals surface area contributed by atoms with Crippen molar-refractivity contribution in [3.63, 3.8) is 0 Å². The van der Waals surface area contributed by atoms with Gasteiger partial charge in [0.2, 0.25) is 17.7 Å². The van der Waals surface area contributed by atoms with Crippen LogP contribution in [0.15, 0.2) is 0 Å². The van der Waals surface area contributed by atoms with Crippen LogP contribution in [0.4, 0.5) is 4.79 Å². The minimum absolute atomic E-state index is 0.134. The summed E-state index contributed by atoms with van der Waals surface area (Å²) in [6.07, 6.45) is 6.00. The number of nitrogens with one attached hydrogen (secondary N) is 2. The molecular weight excluding hydrogens is 386 g/mol. The third-order valence-electron chi connectivity index (χ3n) is 5.63. The van der Waals surface area contributed by atoms with E-state index in [1.807, 2.05) is 20.8 Å². The van der Waals surface area contributed by atoms with Crippen LogP contribution in [0.3, 0.4) is 0 Å². The van der Waals surface area contributed by atoms with Crippen LogP contribution in [0, 0.1) is 5.41 Å². The topological polar surface area (TPSA) is 125 Å². The molecule has 0 aromatic rings. The molecule has 1 saturated heterocycles. The zero-order valence-corrected chi connectivity index (χ0v) is 18.7. The van der Waals surface area contributed by atoms with Crippen molar-refractivity contribution in [3.8, 4) is 0 Å². The van der Waals surface area contributed by atoms with Gasteiger partial charge in [-0.1, -0.05) is 40.0 Å². The van der Waals surface area contributed by atoms with E-state index in [4.69, 9.17) is 5.73 Å². The predicted molar refractivity (Wildman–Crippen MR) is 113 cm³/mol. The highest BCUT2D eigenvalue weighted by atomic mass is 16.2. The summed E-state index contributed by atoms with van der Waals surface area (Å²) in [6.45, 7) is 5.95. The maximum absolute atomic E-state index is 12.9. The summed E-state index contributed by atoms with van der Waals surface area (Å²) in [4.78, 5) is 52.3. The Morgan fingerprint density at radius 1 is 1.03 bits per heavy atom. The van der Waals surface area contributed by atoms with Gasteiger partial charge in [-0.25, -0.2) is 4.79 Å². The third-order valence-corrected chi connectivity index (χ3v) is 5.63. The van der Waals surface area contributed by atoms with Crippen molar-refractivity contribution in [1.82, 2.24) is 20.4 Å². The lowest BCUT2D eigenvalue weighted by Crippen LogP contribution is -2.49. The summed E-state index contributed by atoms with van der Waals surface area (Å²) < 4.78 is 0. The van der Waals surface area contributed by atoms with E-state index < -0.39 is 11.9 Å². The summed E-state index contributed by atoms with van der Waals surface area (Å²) in [5.74, 6) is -1.09. The molecule has 0 aromatic carbocycles. The first-order valence-corrected chi connectivity index (χ1v) is 10.9. The Morgan fingerprint density at radius 3 is 2.20 bits per heavy atom. The number of primary amides is 1. The van der Waals surface area contributed by atoms with Crippen LogP contribution in [0.5, 0.6) is 0 Å². The number of nitrogens with two attached hydrogens (primary N) is 1. The van der Waals surface area contributed by atoms with Crippen molar-refractivity contribution in [1.29, 1.82) is 0 Å². The van der Waals surface area contributed by atoms with E-state index in [1.165, 1.54) is 23.3 Å². The Hall–Kier alpha value is -2.32. The van der Waals surface area contributed by atoms with Gasteiger partial charge in [0.1, 0.15) is 6.04 Å². The molecule has 0 aromatic heterocycles. The van der Waals surface area contributed by atoms with E-state index in [2.05, 4.69) is 10.6 Å². The van der Waals surface area contributed by atoms with Crippen LogP contribution in [0.25, 0.3) is 0 Å². The number of nitrogens with zero attached hydrogens (tertiary/aromatic N) is 2. The van der Waals surface area contributed by atoms with E-state index in [0.717, 1.165) is 25.7 Å². The zero-order chi connectivity index (χ0) is 22.5. The van der Waals surface area contributed by atoms with Crippen LogP contribution in [-0.4, -0.2) is 71.8 Å². The zero-order valence-electron chi connectivity index (χ0n) is 18.7. The Bertz CT molecular complexity index is 654. The fourth-order valence-corrected chi connectivity index (χ4v) is 4.23. The van der Waals surface area contributed by atoms with Crippen LogP contribution in [0.1, 0.15) is 65.7 Å². The average Bonchev–Trinajstić information content (AvgIpc) is 3.03. The molecule has 1 aliphatic carbocycles. The number of carbonyl (C=O) groups excluding carboxylic acids is 4. The van der Waals surface area contributed by atoms with Crippen molar-refractivity contribution in [2.75, 3.05) is 20.1 Å². The number of likely N-dealkylation sites (tertiary alicyclic amines) is 1. The molecule has 0 unspecified atom stereocenters. The van der Waals surface area contributed by atoms with Crippen LogP contribution < -0.4 is 16.4 Å². The van der Waals surface area contributed by atoms with Gasteiger partial charge in [-0.2, -0.15) is 0 Å². The van der Waals surface area contributed by atoms with Gasteiger partial charge in [-0.3, -0.25) is 14.4 Å². The molecular formula is C21H37N5O4. The lowest BCUT2D eigenvalue weighted by Gasteiger charge is -2.29. The minimum Gasteiger partial charge on any atom is -0.368 e. The Balaban J connectivity index is 2.04. The van der Waals surface area contributed by atoms with Crippen molar-refractivity contribution in [2.45, 2.75) is 83.8 Å². The van der Waals surface area contributed by atoms with Crippen molar-refractivity contribution < 1.29 is 19.2 Å². The highest BCUT2D eigenvalue weighted by molar-refractivity contribution is 5.91. The van der Waals surface area contributed by atoms with E-state index in [-0.39, 0.29) is 54.9 Å². The molecule has 30 heavy (non-hydrogen) atoms. The lowest BCUT2D eigenvalue weighted by molar-refractivity contribution is -0.144. The number of hydrogen-bond donors (Lipinski definition) is 3. The first-order valence-electron chi connectivity index (χ1n) is 10.9. The molecule has 4 N–H and O–H groups in total. The van der Waals surface area contributed by atoms with Gasteiger partial charge in [0, 0.05) is 26.1 Å². The van der Waals surface area contributed by atoms with E-state index in [0.29, 0.717) is 6.42 Å². The SMILES string of the molecule is CN(CC(N)=O)C(=O)[C@@H]1C[C@H](NC(=O)NC2CCCCC2)CN1C(=O)CC(C)(C)C. The highest BCUT2D eigenvalue weighted by Crippen LogP contribution is 2.26. The summed E-state index contributed by atoms with van der Waals surface area (Å²) in [6, 6.07) is -1.12. The van der Waals surface area contributed by atoms with Gasteiger partial charge >= 0.3 is 6.03 Å². The molecule has 5 amide bonds. The maximum atomic E-state index is 12.9. The molecule has 9 heteroatoms. The highest BCUT2D eigenvalue weighted by Gasteiger charge is 2.42. The van der Waals surface area contributed by atoms with E-state index in [9.17, 15) is 19.2 Å². The monoisotopic (exact) mass is 423 g/mol.